The van der Waals surface area contributed by atoms with Crippen LogP contribution in [-0.4, -0.2) is 22.5 Å². The lowest BCUT2D eigenvalue weighted by Gasteiger charge is -2.25. The van der Waals surface area contributed by atoms with Crippen LogP contribution in [-0.2, 0) is 16.0 Å². The normalized spacial score (nSPS) is 11.3. The van der Waals surface area contributed by atoms with Gasteiger partial charge in [0.25, 0.3) is 0 Å². The third kappa shape index (κ3) is 7.05. The van der Waals surface area contributed by atoms with Crippen molar-refractivity contribution in [1.29, 1.82) is 0 Å². The van der Waals surface area contributed by atoms with Crippen molar-refractivity contribution in [1.82, 2.24) is 5.32 Å². The van der Waals surface area contributed by atoms with Gasteiger partial charge in [-0.05, 0) is 61.2 Å². The summed E-state index contributed by atoms with van der Waals surface area (Å²) in [5, 5.41) is 11.6. The molecule has 0 saturated carbocycles. The highest BCUT2D eigenvalue weighted by molar-refractivity contribution is 9.11. The van der Waals surface area contributed by atoms with Crippen LogP contribution in [0.1, 0.15) is 44.4 Å². The molecular weight excluding hydrogens is 342 g/mol. The molecule has 0 aliphatic heterocycles. The Morgan fingerprint density at radius 1 is 1.35 bits per heavy atom. The van der Waals surface area contributed by atoms with Gasteiger partial charge in [-0.3, -0.25) is 9.59 Å². The molecule has 1 aromatic heterocycles. The lowest BCUT2D eigenvalue weighted by molar-refractivity contribution is -0.137. The maximum absolute atomic E-state index is 11.8. The number of carbonyl (C=O) groups is 2. The topological polar surface area (TPSA) is 66.4 Å². The second kappa shape index (κ2) is 7.78. The van der Waals surface area contributed by atoms with Crippen molar-refractivity contribution in [3.8, 4) is 0 Å². The van der Waals surface area contributed by atoms with Gasteiger partial charge in [0.15, 0.2) is 0 Å². The van der Waals surface area contributed by atoms with Crippen LogP contribution in [0.15, 0.2) is 15.9 Å². The standard InChI is InChI=1S/C14H20BrNO3S/c1-14(2,9-8-13(18)19)16-12(17)5-3-4-10-6-7-11(15)20-10/h6-7H,3-5,8-9H2,1-2H3,(H,16,17)(H,18,19). The van der Waals surface area contributed by atoms with E-state index >= 15 is 0 Å². The zero-order valence-corrected chi connectivity index (χ0v) is 14.1. The van der Waals surface area contributed by atoms with Gasteiger partial charge in [0.05, 0.1) is 3.79 Å². The van der Waals surface area contributed by atoms with Gasteiger partial charge in [-0.15, -0.1) is 11.3 Å². The Labute approximate surface area is 131 Å². The van der Waals surface area contributed by atoms with Crippen molar-refractivity contribution in [2.24, 2.45) is 0 Å². The van der Waals surface area contributed by atoms with Crippen molar-refractivity contribution in [2.75, 3.05) is 0 Å². The number of halogens is 1. The SMILES string of the molecule is CC(C)(CCC(=O)O)NC(=O)CCCc1ccc(Br)s1. The van der Waals surface area contributed by atoms with Gasteiger partial charge >= 0.3 is 5.97 Å². The van der Waals surface area contributed by atoms with E-state index in [1.54, 1.807) is 11.3 Å². The molecule has 0 aliphatic carbocycles. The minimum absolute atomic E-state index is 0.0176. The molecule has 0 unspecified atom stereocenters. The number of amides is 1. The summed E-state index contributed by atoms with van der Waals surface area (Å²) in [4.78, 5) is 23.6. The third-order valence-electron chi connectivity index (χ3n) is 2.90. The first-order valence-corrected chi connectivity index (χ1v) is 8.16. The lowest BCUT2D eigenvalue weighted by Crippen LogP contribution is -2.43. The summed E-state index contributed by atoms with van der Waals surface area (Å²) in [7, 11) is 0. The average molecular weight is 362 g/mol. The zero-order valence-electron chi connectivity index (χ0n) is 11.7. The van der Waals surface area contributed by atoms with Gasteiger partial charge in [0.2, 0.25) is 5.91 Å². The fourth-order valence-electron chi connectivity index (χ4n) is 1.83. The molecule has 1 amide bonds. The minimum Gasteiger partial charge on any atom is -0.481 e. The van der Waals surface area contributed by atoms with Crippen molar-refractivity contribution in [3.63, 3.8) is 0 Å². The van der Waals surface area contributed by atoms with Crippen LogP contribution in [0.25, 0.3) is 0 Å². The average Bonchev–Trinajstić information content (AvgIpc) is 2.72. The number of hydrogen-bond acceptors (Lipinski definition) is 3. The Morgan fingerprint density at radius 2 is 2.05 bits per heavy atom. The Hall–Kier alpha value is -0.880. The molecule has 112 valence electrons. The highest BCUT2D eigenvalue weighted by atomic mass is 79.9. The molecule has 20 heavy (non-hydrogen) atoms. The summed E-state index contributed by atoms with van der Waals surface area (Å²) in [5.41, 5.74) is -0.471. The number of hydrogen-bond donors (Lipinski definition) is 2. The van der Waals surface area contributed by atoms with Crippen LogP contribution >= 0.6 is 27.3 Å². The lowest BCUT2D eigenvalue weighted by atomic mass is 9.98. The second-order valence-corrected chi connectivity index (χ2v) is 7.93. The van der Waals surface area contributed by atoms with E-state index in [0.29, 0.717) is 12.8 Å². The predicted octanol–water partition coefficient (Wildman–Crippen LogP) is 3.59. The van der Waals surface area contributed by atoms with E-state index in [2.05, 4.69) is 27.3 Å². The Morgan fingerprint density at radius 3 is 2.60 bits per heavy atom. The highest BCUT2D eigenvalue weighted by Gasteiger charge is 2.21. The van der Waals surface area contributed by atoms with Crippen molar-refractivity contribution in [2.45, 2.75) is 51.5 Å². The maximum atomic E-state index is 11.8. The van der Waals surface area contributed by atoms with E-state index in [1.165, 1.54) is 4.88 Å². The maximum Gasteiger partial charge on any atom is 0.303 e. The molecule has 0 aliphatic rings. The first kappa shape index (κ1) is 17.2. The van der Waals surface area contributed by atoms with Crippen LogP contribution in [0, 0.1) is 0 Å². The largest absolute Gasteiger partial charge is 0.481 e. The number of aryl methyl sites for hydroxylation is 1. The minimum atomic E-state index is -0.837. The fourth-order valence-corrected chi connectivity index (χ4v) is 3.36. The first-order valence-electron chi connectivity index (χ1n) is 6.55. The smallest absolute Gasteiger partial charge is 0.303 e. The van der Waals surface area contributed by atoms with Gasteiger partial charge in [0, 0.05) is 23.3 Å². The molecule has 2 N–H and O–H groups in total. The van der Waals surface area contributed by atoms with E-state index in [-0.39, 0.29) is 12.3 Å². The van der Waals surface area contributed by atoms with Crippen molar-refractivity contribution < 1.29 is 14.7 Å². The molecule has 0 spiro atoms. The summed E-state index contributed by atoms with van der Waals surface area (Å²) >= 11 is 5.10. The molecule has 1 heterocycles. The van der Waals surface area contributed by atoms with E-state index in [1.807, 2.05) is 19.9 Å². The van der Waals surface area contributed by atoms with E-state index < -0.39 is 11.5 Å². The number of carboxylic acids is 1. The van der Waals surface area contributed by atoms with Crippen LogP contribution in [0.4, 0.5) is 0 Å². The van der Waals surface area contributed by atoms with Gasteiger partial charge in [-0.25, -0.2) is 0 Å². The number of nitrogens with one attached hydrogen (secondary N) is 1. The molecule has 0 radical (unpaired) electrons. The molecule has 1 aromatic rings. The molecule has 0 saturated heterocycles. The molecular formula is C14H20BrNO3S. The number of aliphatic carboxylic acids is 1. The molecule has 0 atom stereocenters. The Balaban J connectivity index is 2.27. The summed E-state index contributed by atoms with van der Waals surface area (Å²) in [6.07, 6.45) is 2.65. The Bertz CT molecular complexity index is 471. The van der Waals surface area contributed by atoms with Crippen LogP contribution < -0.4 is 5.32 Å². The van der Waals surface area contributed by atoms with Gasteiger partial charge in [0.1, 0.15) is 0 Å². The third-order valence-corrected chi connectivity index (χ3v) is 4.58. The van der Waals surface area contributed by atoms with Crippen LogP contribution in [0.3, 0.4) is 0 Å². The van der Waals surface area contributed by atoms with E-state index in [9.17, 15) is 9.59 Å². The van der Waals surface area contributed by atoms with Gasteiger partial charge in [-0.2, -0.15) is 0 Å². The summed E-state index contributed by atoms with van der Waals surface area (Å²) in [6.45, 7) is 3.70. The highest BCUT2D eigenvalue weighted by Crippen LogP contribution is 2.23. The zero-order chi connectivity index (χ0) is 15.2. The van der Waals surface area contributed by atoms with Crippen molar-refractivity contribution >= 4 is 39.1 Å². The Kier molecular flexibility index (Phi) is 6.68. The fraction of sp³-hybridized carbons (Fsp3) is 0.571. The number of thiophene rings is 1. The van der Waals surface area contributed by atoms with Crippen LogP contribution in [0.5, 0.6) is 0 Å². The number of rotatable bonds is 8. The quantitative estimate of drug-likeness (QED) is 0.743. The van der Waals surface area contributed by atoms with E-state index in [0.717, 1.165) is 16.6 Å². The number of carbonyl (C=O) groups excluding carboxylic acids is 1. The molecule has 0 aromatic carbocycles. The van der Waals surface area contributed by atoms with Gasteiger partial charge < -0.3 is 10.4 Å². The molecule has 6 heteroatoms. The molecule has 4 nitrogen and oxygen atoms in total. The van der Waals surface area contributed by atoms with Crippen molar-refractivity contribution in [3.05, 3.63) is 20.8 Å². The number of carboxylic acid groups (broad SMARTS) is 1. The monoisotopic (exact) mass is 361 g/mol. The van der Waals surface area contributed by atoms with Crippen LogP contribution in [0.2, 0.25) is 0 Å². The summed E-state index contributed by atoms with van der Waals surface area (Å²) in [6, 6.07) is 4.07. The first-order chi connectivity index (χ1) is 9.28. The summed E-state index contributed by atoms with van der Waals surface area (Å²) < 4.78 is 1.10. The second-order valence-electron chi connectivity index (χ2n) is 5.39. The van der Waals surface area contributed by atoms with Gasteiger partial charge in [-0.1, -0.05) is 0 Å². The molecule has 0 fully saturated rings. The molecule has 1 rings (SSSR count). The molecule has 0 bridgehead atoms. The predicted molar refractivity (Wildman–Crippen MR) is 84.0 cm³/mol. The van der Waals surface area contributed by atoms with E-state index in [4.69, 9.17) is 5.11 Å². The summed E-state index contributed by atoms with van der Waals surface area (Å²) in [5.74, 6) is -0.855.